The van der Waals surface area contributed by atoms with E-state index in [9.17, 15) is 0 Å². The van der Waals surface area contributed by atoms with Gasteiger partial charge in [-0.1, -0.05) is 12.1 Å². The molecule has 0 aliphatic rings. The molecule has 4 nitrogen and oxygen atoms in total. The molecule has 0 spiro atoms. The molecule has 19 heavy (non-hydrogen) atoms. The third-order valence-corrected chi connectivity index (χ3v) is 2.81. The molecule has 0 bridgehead atoms. The minimum Gasteiger partial charge on any atom is -0.457 e. The minimum atomic E-state index is -0.259. The first-order valence-corrected chi connectivity index (χ1v) is 6.27. The first-order valence-electron chi connectivity index (χ1n) is 6.27. The first-order chi connectivity index (χ1) is 9.13. The maximum atomic E-state index is 5.71. The summed E-state index contributed by atoms with van der Waals surface area (Å²) in [5.74, 6) is 1.57. The van der Waals surface area contributed by atoms with E-state index in [1.807, 2.05) is 48.5 Å². The lowest BCUT2D eigenvalue weighted by atomic mass is 10.1. The summed E-state index contributed by atoms with van der Waals surface area (Å²) >= 11 is 0. The molecule has 0 aliphatic heterocycles. The van der Waals surface area contributed by atoms with E-state index in [1.165, 1.54) is 5.56 Å². The highest BCUT2D eigenvalue weighted by atomic mass is 16.5. The molecule has 0 atom stereocenters. The number of nitrogen functional groups attached to an aromatic ring is 1. The molecular weight excluding hydrogens is 238 g/mol. The summed E-state index contributed by atoms with van der Waals surface area (Å²) in [6, 6.07) is 15.2. The normalized spacial score (nSPS) is 10.7. The molecule has 2 aromatic rings. The average molecular weight is 257 g/mol. The zero-order valence-electron chi connectivity index (χ0n) is 10.8. The molecule has 0 saturated carbocycles. The molecule has 0 unspecified atom stereocenters. The standard InChI is InChI=1S/C15H19N3O/c16-12-4-8-14(9-5-12)19-13-6-1-11(2-7-13)3-10-15(17)18/h1-2,4-9,15H,3,10,16-18H2. The van der Waals surface area contributed by atoms with E-state index in [-0.39, 0.29) is 6.17 Å². The average Bonchev–Trinajstić information content (AvgIpc) is 2.40. The summed E-state index contributed by atoms with van der Waals surface area (Å²) in [7, 11) is 0. The third-order valence-electron chi connectivity index (χ3n) is 2.81. The van der Waals surface area contributed by atoms with Crippen molar-refractivity contribution in [3.8, 4) is 11.5 Å². The Kier molecular flexibility index (Phi) is 4.39. The lowest BCUT2D eigenvalue weighted by molar-refractivity contribution is 0.482. The van der Waals surface area contributed by atoms with E-state index in [4.69, 9.17) is 21.9 Å². The minimum absolute atomic E-state index is 0.259. The smallest absolute Gasteiger partial charge is 0.127 e. The van der Waals surface area contributed by atoms with Gasteiger partial charge in [-0.2, -0.15) is 0 Å². The molecule has 0 heterocycles. The van der Waals surface area contributed by atoms with Crippen LogP contribution in [0.1, 0.15) is 12.0 Å². The van der Waals surface area contributed by atoms with E-state index in [0.717, 1.165) is 30.0 Å². The SMILES string of the molecule is Nc1ccc(Oc2ccc(CCC(N)N)cc2)cc1. The molecule has 2 rings (SSSR count). The van der Waals surface area contributed by atoms with Crippen molar-refractivity contribution in [2.75, 3.05) is 5.73 Å². The maximum absolute atomic E-state index is 5.71. The quantitative estimate of drug-likeness (QED) is 0.566. The van der Waals surface area contributed by atoms with Crippen LogP contribution < -0.4 is 21.9 Å². The number of hydrogen-bond acceptors (Lipinski definition) is 4. The van der Waals surface area contributed by atoms with Crippen LogP contribution in [0.15, 0.2) is 48.5 Å². The Bertz CT molecular complexity index is 506. The lowest BCUT2D eigenvalue weighted by Crippen LogP contribution is -2.30. The van der Waals surface area contributed by atoms with Crippen LogP contribution in [-0.4, -0.2) is 6.17 Å². The van der Waals surface area contributed by atoms with E-state index in [0.29, 0.717) is 0 Å². The molecule has 0 amide bonds. The molecule has 100 valence electrons. The number of hydrogen-bond donors (Lipinski definition) is 3. The predicted molar refractivity (Wildman–Crippen MR) is 77.9 cm³/mol. The highest BCUT2D eigenvalue weighted by Gasteiger charge is 2.00. The monoisotopic (exact) mass is 257 g/mol. The fraction of sp³-hybridized carbons (Fsp3) is 0.200. The Morgan fingerprint density at radius 3 is 1.89 bits per heavy atom. The first kappa shape index (κ1) is 13.4. The number of rotatable bonds is 5. The number of benzene rings is 2. The molecule has 0 aliphatic carbocycles. The summed E-state index contributed by atoms with van der Waals surface area (Å²) < 4.78 is 5.71. The fourth-order valence-electron chi connectivity index (χ4n) is 1.73. The predicted octanol–water partition coefficient (Wildman–Crippen LogP) is 2.24. The lowest BCUT2D eigenvalue weighted by Gasteiger charge is -2.08. The molecule has 6 N–H and O–H groups in total. The number of nitrogens with two attached hydrogens (primary N) is 3. The second-order valence-corrected chi connectivity index (χ2v) is 4.52. The zero-order valence-corrected chi connectivity index (χ0v) is 10.8. The molecular formula is C15H19N3O. The third kappa shape index (κ3) is 4.28. The van der Waals surface area contributed by atoms with Crippen LogP contribution in [0.2, 0.25) is 0 Å². The molecule has 0 radical (unpaired) electrons. The van der Waals surface area contributed by atoms with Gasteiger partial charge in [0.05, 0.1) is 6.17 Å². The van der Waals surface area contributed by atoms with Crippen LogP contribution >= 0.6 is 0 Å². The van der Waals surface area contributed by atoms with Crippen molar-refractivity contribution in [2.24, 2.45) is 11.5 Å². The van der Waals surface area contributed by atoms with Gasteiger partial charge in [0.1, 0.15) is 11.5 Å². The number of ether oxygens (including phenoxy) is 1. The van der Waals surface area contributed by atoms with Crippen molar-refractivity contribution in [3.63, 3.8) is 0 Å². The summed E-state index contributed by atoms with van der Waals surface area (Å²) in [6.45, 7) is 0. The van der Waals surface area contributed by atoms with Gasteiger partial charge in [-0.25, -0.2) is 0 Å². The van der Waals surface area contributed by atoms with Gasteiger partial charge in [0.25, 0.3) is 0 Å². The van der Waals surface area contributed by atoms with E-state index < -0.39 is 0 Å². The van der Waals surface area contributed by atoms with Gasteiger partial charge < -0.3 is 21.9 Å². The Morgan fingerprint density at radius 2 is 1.37 bits per heavy atom. The van der Waals surface area contributed by atoms with Crippen molar-refractivity contribution >= 4 is 5.69 Å². The number of anilines is 1. The van der Waals surface area contributed by atoms with Gasteiger partial charge in [0.15, 0.2) is 0 Å². The van der Waals surface area contributed by atoms with Crippen molar-refractivity contribution in [1.82, 2.24) is 0 Å². The van der Waals surface area contributed by atoms with Crippen molar-refractivity contribution in [3.05, 3.63) is 54.1 Å². The number of aryl methyl sites for hydroxylation is 1. The molecule has 0 fully saturated rings. The Balaban J connectivity index is 1.96. The molecule has 0 saturated heterocycles. The van der Waals surface area contributed by atoms with Crippen LogP contribution in [0.25, 0.3) is 0 Å². The van der Waals surface area contributed by atoms with Crippen molar-refractivity contribution in [2.45, 2.75) is 19.0 Å². The van der Waals surface area contributed by atoms with E-state index in [2.05, 4.69) is 0 Å². The zero-order chi connectivity index (χ0) is 13.7. The summed E-state index contributed by atoms with van der Waals surface area (Å²) in [5, 5.41) is 0. The summed E-state index contributed by atoms with van der Waals surface area (Å²) in [6.07, 6.45) is 1.39. The molecule has 4 heteroatoms. The summed E-state index contributed by atoms with van der Waals surface area (Å²) in [4.78, 5) is 0. The Labute approximate surface area is 113 Å². The highest BCUT2D eigenvalue weighted by Crippen LogP contribution is 2.22. The molecule has 2 aromatic carbocycles. The van der Waals surface area contributed by atoms with E-state index >= 15 is 0 Å². The van der Waals surface area contributed by atoms with Gasteiger partial charge in [-0.05, 0) is 54.8 Å². The second-order valence-electron chi connectivity index (χ2n) is 4.52. The van der Waals surface area contributed by atoms with Gasteiger partial charge >= 0.3 is 0 Å². The van der Waals surface area contributed by atoms with Gasteiger partial charge in [0, 0.05) is 5.69 Å². The topological polar surface area (TPSA) is 87.3 Å². The van der Waals surface area contributed by atoms with Crippen molar-refractivity contribution in [1.29, 1.82) is 0 Å². The van der Waals surface area contributed by atoms with Crippen LogP contribution in [0, 0.1) is 0 Å². The maximum Gasteiger partial charge on any atom is 0.127 e. The van der Waals surface area contributed by atoms with Gasteiger partial charge in [-0.15, -0.1) is 0 Å². The fourth-order valence-corrected chi connectivity index (χ4v) is 1.73. The van der Waals surface area contributed by atoms with Crippen molar-refractivity contribution < 1.29 is 4.74 Å². The van der Waals surface area contributed by atoms with Crippen LogP contribution in [-0.2, 0) is 6.42 Å². The van der Waals surface area contributed by atoms with E-state index in [1.54, 1.807) is 0 Å². The van der Waals surface area contributed by atoms with Gasteiger partial charge in [0.2, 0.25) is 0 Å². The Hall–Kier alpha value is -2.04. The van der Waals surface area contributed by atoms with Crippen LogP contribution in [0.5, 0.6) is 11.5 Å². The highest BCUT2D eigenvalue weighted by molar-refractivity contribution is 5.43. The Morgan fingerprint density at radius 1 is 0.842 bits per heavy atom. The summed E-state index contributed by atoms with van der Waals surface area (Å²) in [5.41, 5.74) is 18.6. The largest absolute Gasteiger partial charge is 0.457 e. The second kappa shape index (κ2) is 6.22. The van der Waals surface area contributed by atoms with Gasteiger partial charge in [-0.3, -0.25) is 0 Å². The van der Waals surface area contributed by atoms with Crippen LogP contribution in [0.3, 0.4) is 0 Å². The van der Waals surface area contributed by atoms with Crippen LogP contribution in [0.4, 0.5) is 5.69 Å². The molecule has 0 aromatic heterocycles.